The fourth-order valence-electron chi connectivity index (χ4n) is 1.41. The predicted molar refractivity (Wildman–Crippen MR) is 56.9 cm³/mol. The molecule has 0 bridgehead atoms. The third-order valence-corrected chi connectivity index (χ3v) is 2.60. The lowest BCUT2D eigenvalue weighted by molar-refractivity contribution is -0.145. The van der Waals surface area contributed by atoms with Gasteiger partial charge in [-0.25, -0.2) is 0 Å². The zero-order valence-corrected chi connectivity index (χ0v) is 9.41. The normalized spacial score (nSPS) is 30.0. The van der Waals surface area contributed by atoms with Crippen molar-refractivity contribution in [3.05, 3.63) is 12.2 Å². The standard InChI is InChI=1S/C11H18O5/c1-6(12)4-3-5-8-10(16-8)9(13)7(2)11(14)15/h3,5-10,12-13H,4H2,1-2H3,(H,14,15). The van der Waals surface area contributed by atoms with Gasteiger partial charge in [0.15, 0.2) is 0 Å². The zero-order chi connectivity index (χ0) is 12.3. The third-order valence-electron chi connectivity index (χ3n) is 2.60. The number of epoxide rings is 1. The van der Waals surface area contributed by atoms with E-state index in [1.807, 2.05) is 0 Å². The summed E-state index contributed by atoms with van der Waals surface area (Å²) in [5.41, 5.74) is 0. The number of hydrogen-bond acceptors (Lipinski definition) is 4. The van der Waals surface area contributed by atoms with Gasteiger partial charge in [0, 0.05) is 0 Å². The van der Waals surface area contributed by atoms with E-state index in [0.29, 0.717) is 6.42 Å². The second-order valence-corrected chi connectivity index (χ2v) is 4.20. The summed E-state index contributed by atoms with van der Waals surface area (Å²) >= 11 is 0. The van der Waals surface area contributed by atoms with Gasteiger partial charge in [-0.1, -0.05) is 12.2 Å². The molecular formula is C11H18O5. The first kappa shape index (κ1) is 13.2. The average molecular weight is 230 g/mol. The number of aliphatic hydroxyl groups excluding tert-OH is 2. The Morgan fingerprint density at radius 2 is 2.06 bits per heavy atom. The smallest absolute Gasteiger partial charge is 0.308 e. The first-order chi connectivity index (χ1) is 7.43. The lowest BCUT2D eigenvalue weighted by atomic mass is 10.0. The summed E-state index contributed by atoms with van der Waals surface area (Å²) in [4.78, 5) is 10.6. The Morgan fingerprint density at radius 1 is 1.44 bits per heavy atom. The molecule has 0 aromatic heterocycles. The van der Waals surface area contributed by atoms with Crippen molar-refractivity contribution in [2.45, 2.75) is 44.7 Å². The molecule has 0 saturated carbocycles. The predicted octanol–water partition coefficient (Wildman–Crippen LogP) is 0.162. The van der Waals surface area contributed by atoms with E-state index in [1.165, 1.54) is 6.92 Å². The van der Waals surface area contributed by atoms with Crippen molar-refractivity contribution < 1.29 is 24.9 Å². The lowest BCUT2D eigenvalue weighted by Gasteiger charge is -2.11. The van der Waals surface area contributed by atoms with Gasteiger partial charge in [0.1, 0.15) is 12.2 Å². The van der Waals surface area contributed by atoms with Crippen molar-refractivity contribution in [3.63, 3.8) is 0 Å². The quantitative estimate of drug-likeness (QED) is 0.447. The van der Waals surface area contributed by atoms with Crippen molar-refractivity contribution in [3.8, 4) is 0 Å². The number of ether oxygens (including phenoxy) is 1. The number of hydrogen-bond donors (Lipinski definition) is 3. The molecule has 0 amide bonds. The molecule has 1 fully saturated rings. The average Bonchev–Trinajstić information content (AvgIpc) is 2.94. The van der Waals surface area contributed by atoms with Crippen LogP contribution >= 0.6 is 0 Å². The Labute approximate surface area is 94.4 Å². The molecule has 1 rings (SSSR count). The molecule has 0 radical (unpaired) electrons. The van der Waals surface area contributed by atoms with Crippen molar-refractivity contribution in [2.24, 2.45) is 5.92 Å². The van der Waals surface area contributed by atoms with Crippen LogP contribution in [0, 0.1) is 5.92 Å². The number of carbonyl (C=O) groups is 1. The highest BCUT2D eigenvalue weighted by atomic mass is 16.6. The number of rotatable bonds is 6. The number of aliphatic carboxylic acids is 1. The Hall–Kier alpha value is -0.910. The molecule has 5 atom stereocenters. The van der Waals surface area contributed by atoms with E-state index >= 15 is 0 Å². The molecular weight excluding hydrogens is 212 g/mol. The van der Waals surface area contributed by atoms with Crippen molar-refractivity contribution in [2.75, 3.05) is 0 Å². The molecule has 5 heteroatoms. The summed E-state index contributed by atoms with van der Waals surface area (Å²) in [7, 11) is 0. The molecule has 5 unspecified atom stereocenters. The van der Waals surface area contributed by atoms with E-state index in [4.69, 9.17) is 14.9 Å². The Kier molecular flexibility index (Phi) is 4.46. The van der Waals surface area contributed by atoms with Crippen molar-refractivity contribution >= 4 is 5.97 Å². The molecule has 0 aliphatic carbocycles. The Balaban J connectivity index is 2.33. The highest BCUT2D eigenvalue weighted by molar-refractivity contribution is 5.70. The molecule has 92 valence electrons. The van der Waals surface area contributed by atoms with Crippen LogP contribution in [0.1, 0.15) is 20.3 Å². The first-order valence-corrected chi connectivity index (χ1v) is 5.34. The maximum absolute atomic E-state index is 10.6. The summed E-state index contributed by atoms with van der Waals surface area (Å²) < 4.78 is 5.15. The molecule has 0 aromatic rings. The minimum Gasteiger partial charge on any atom is -0.481 e. The van der Waals surface area contributed by atoms with Gasteiger partial charge >= 0.3 is 5.97 Å². The first-order valence-electron chi connectivity index (χ1n) is 5.34. The molecule has 0 aromatic carbocycles. The van der Waals surface area contributed by atoms with Crippen LogP contribution in [0.15, 0.2) is 12.2 Å². The Bertz CT molecular complexity index is 274. The summed E-state index contributed by atoms with van der Waals surface area (Å²) in [5, 5.41) is 27.3. The van der Waals surface area contributed by atoms with E-state index in [0.717, 1.165) is 0 Å². The van der Waals surface area contributed by atoms with Gasteiger partial charge in [-0.2, -0.15) is 0 Å². The van der Waals surface area contributed by atoms with Crippen LogP contribution in [0.2, 0.25) is 0 Å². The van der Waals surface area contributed by atoms with Crippen LogP contribution in [-0.2, 0) is 9.53 Å². The maximum Gasteiger partial charge on any atom is 0.308 e. The summed E-state index contributed by atoms with van der Waals surface area (Å²) in [5.74, 6) is -1.87. The maximum atomic E-state index is 10.6. The topological polar surface area (TPSA) is 90.3 Å². The molecule has 3 N–H and O–H groups in total. The van der Waals surface area contributed by atoms with Crippen LogP contribution in [0.5, 0.6) is 0 Å². The molecule has 1 aliphatic heterocycles. The lowest BCUT2D eigenvalue weighted by Crippen LogP contribution is -2.30. The zero-order valence-electron chi connectivity index (χ0n) is 9.41. The number of aliphatic hydroxyl groups is 2. The van der Waals surface area contributed by atoms with Gasteiger partial charge in [0.05, 0.1) is 18.1 Å². The van der Waals surface area contributed by atoms with Crippen molar-refractivity contribution in [1.29, 1.82) is 0 Å². The van der Waals surface area contributed by atoms with Crippen LogP contribution in [-0.4, -0.2) is 45.7 Å². The van der Waals surface area contributed by atoms with Crippen LogP contribution in [0.3, 0.4) is 0 Å². The third kappa shape index (κ3) is 3.59. The van der Waals surface area contributed by atoms with Crippen molar-refractivity contribution in [1.82, 2.24) is 0 Å². The molecule has 1 saturated heterocycles. The fourth-order valence-corrected chi connectivity index (χ4v) is 1.41. The van der Waals surface area contributed by atoms with Crippen LogP contribution in [0.4, 0.5) is 0 Å². The van der Waals surface area contributed by atoms with E-state index in [2.05, 4.69) is 0 Å². The SMILES string of the molecule is CC(O)CC=CC1OC1C(O)C(C)C(=O)O. The molecule has 0 spiro atoms. The molecule has 5 nitrogen and oxygen atoms in total. The van der Waals surface area contributed by atoms with Gasteiger partial charge in [0.2, 0.25) is 0 Å². The molecule has 1 heterocycles. The highest BCUT2D eigenvalue weighted by Gasteiger charge is 2.46. The fraction of sp³-hybridized carbons (Fsp3) is 0.727. The largest absolute Gasteiger partial charge is 0.481 e. The summed E-state index contributed by atoms with van der Waals surface area (Å²) in [6, 6.07) is 0. The van der Waals surface area contributed by atoms with Crippen LogP contribution < -0.4 is 0 Å². The van der Waals surface area contributed by atoms with Gasteiger partial charge in [-0.3, -0.25) is 4.79 Å². The molecule has 16 heavy (non-hydrogen) atoms. The van der Waals surface area contributed by atoms with Gasteiger partial charge in [-0.15, -0.1) is 0 Å². The van der Waals surface area contributed by atoms with E-state index < -0.39 is 30.2 Å². The minimum absolute atomic E-state index is 0.226. The van der Waals surface area contributed by atoms with Crippen LogP contribution in [0.25, 0.3) is 0 Å². The Morgan fingerprint density at radius 3 is 2.56 bits per heavy atom. The number of carboxylic acid groups (broad SMARTS) is 1. The monoisotopic (exact) mass is 230 g/mol. The second-order valence-electron chi connectivity index (χ2n) is 4.20. The second kappa shape index (κ2) is 5.43. The van der Waals surface area contributed by atoms with Gasteiger partial charge in [0.25, 0.3) is 0 Å². The van der Waals surface area contributed by atoms with Gasteiger partial charge < -0.3 is 20.1 Å². The number of carboxylic acids is 1. The molecule has 1 aliphatic rings. The summed E-state index contributed by atoms with van der Waals surface area (Å²) in [6.45, 7) is 3.13. The summed E-state index contributed by atoms with van der Waals surface area (Å²) in [6.07, 6.45) is 1.99. The van der Waals surface area contributed by atoms with E-state index in [1.54, 1.807) is 19.1 Å². The van der Waals surface area contributed by atoms with Gasteiger partial charge in [-0.05, 0) is 20.3 Å². The highest BCUT2D eigenvalue weighted by Crippen LogP contribution is 2.30. The van der Waals surface area contributed by atoms with E-state index in [-0.39, 0.29) is 6.10 Å². The minimum atomic E-state index is -1.03. The van der Waals surface area contributed by atoms with E-state index in [9.17, 15) is 9.90 Å².